The summed E-state index contributed by atoms with van der Waals surface area (Å²) in [4.78, 5) is 25.1. The van der Waals surface area contributed by atoms with Crippen LogP contribution < -0.4 is 10.1 Å². The number of fused-ring (bicyclic) bond motifs is 1. The van der Waals surface area contributed by atoms with Gasteiger partial charge in [0.1, 0.15) is 5.75 Å². The van der Waals surface area contributed by atoms with Gasteiger partial charge in [0.15, 0.2) is 6.10 Å². The summed E-state index contributed by atoms with van der Waals surface area (Å²) in [5.74, 6) is -0.152. The highest BCUT2D eigenvalue weighted by atomic mass is 35.5. The smallest absolute Gasteiger partial charge is 0.346 e. The van der Waals surface area contributed by atoms with Crippen molar-refractivity contribution in [2.75, 3.05) is 7.11 Å². The Morgan fingerprint density at radius 3 is 2.41 bits per heavy atom. The molecule has 2 atom stereocenters. The minimum atomic E-state index is -0.779. The number of halogens is 1. The fourth-order valence-electron chi connectivity index (χ4n) is 4.96. The van der Waals surface area contributed by atoms with Crippen LogP contribution in [0.3, 0.4) is 0 Å². The summed E-state index contributed by atoms with van der Waals surface area (Å²) >= 11 is 6.35. The van der Waals surface area contributed by atoms with Crippen molar-refractivity contribution >= 4 is 34.4 Å². The van der Waals surface area contributed by atoms with E-state index in [1.165, 1.54) is 12.7 Å². The summed E-state index contributed by atoms with van der Waals surface area (Å²) in [5, 5.41) is 4.62. The highest BCUT2D eigenvalue weighted by Gasteiger charge is 2.20. The number of ether oxygens (including phenoxy) is 2. The molecule has 0 aliphatic rings. The molecule has 0 aliphatic heterocycles. The van der Waals surface area contributed by atoms with Crippen LogP contribution in [0.5, 0.6) is 5.75 Å². The molecule has 4 rings (SSSR count). The lowest BCUT2D eigenvalue weighted by atomic mass is 9.85. The number of nitrogens with zero attached hydrogens (tertiary/aromatic N) is 1. The zero-order valence-electron chi connectivity index (χ0n) is 25.1. The fraction of sp³-hybridized carbons (Fsp3) is 0.353. The fourth-order valence-corrected chi connectivity index (χ4v) is 5.12. The number of benzene rings is 3. The maximum absolute atomic E-state index is 13.3. The van der Waals surface area contributed by atoms with Gasteiger partial charge in [0.2, 0.25) is 0 Å². The normalized spacial score (nSPS) is 13.1. The van der Waals surface area contributed by atoms with Crippen LogP contribution in [0.1, 0.15) is 79.0 Å². The van der Waals surface area contributed by atoms with Gasteiger partial charge in [-0.3, -0.25) is 4.79 Å². The molecule has 0 bridgehead atoms. The van der Waals surface area contributed by atoms with E-state index >= 15 is 0 Å². The van der Waals surface area contributed by atoms with E-state index in [0.29, 0.717) is 22.9 Å². The SMILES string of the molecule is COC(=O)[C@H](C)Oc1cc(Cn2c(C)c(C)c3cc(C(=O)N[C@@H](C)c4cccc(C(C)(C)C)c4)ccc32)ccc1Cl. The molecular formula is C34H39ClN2O4. The van der Waals surface area contributed by atoms with Crippen molar-refractivity contribution in [1.82, 2.24) is 9.88 Å². The molecule has 0 aliphatic carbocycles. The van der Waals surface area contributed by atoms with E-state index in [2.05, 4.69) is 68.8 Å². The quantitative estimate of drug-likeness (QED) is 0.219. The van der Waals surface area contributed by atoms with Gasteiger partial charge in [-0.05, 0) is 85.7 Å². The molecule has 6 nitrogen and oxygen atoms in total. The molecule has 0 spiro atoms. The molecule has 1 aromatic heterocycles. The van der Waals surface area contributed by atoms with E-state index < -0.39 is 12.1 Å². The van der Waals surface area contributed by atoms with Crippen LogP contribution in [0.2, 0.25) is 5.02 Å². The number of rotatable bonds is 8. The van der Waals surface area contributed by atoms with Crippen LogP contribution in [0.15, 0.2) is 60.7 Å². The van der Waals surface area contributed by atoms with Crippen molar-refractivity contribution in [2.45, 2.75) is 72.6 Å². The molecule has 7 heteroatoms. The molecule has 4 aromatic rings. The molecule has 1 N–H and O–H groups in total. The Bertz CT molecular complexity index is 1600. The number of esters is 1. The average molecular weight is 575 g/mol. The Kier molecular flexibility index (Phi) is 8.83. The molecule has 0 radical (unpaired) electrons. The van der Waals surface area contributed by atoms with Gasteiger partial charge in [0, 0.05) is 28.7 Å². The van der Waals surface area contributed by atoms with Gasteiger partial charge < -0.3 is 19.4 Å². The first-order valence-corrected chi connectivity index (χ1v) is 14.2. The van der Waals surface area contributed by atoms with E-state index in [0.717, 1.165) is 33.3 Å². The number of carbonyl (C=O) groups is 2. The summed E-state index contributed by atoms with van der Waals surface area (Å²) in [6.45, 7) is 14.9. The Balaban J connectivity index is 1.57. The predicted molar refractivity (Wildman–Crippen MR) is 165 cm³/mol. The van der Waals surface area contributed by atoms with Gasteiger partial charge in [-0.25, -0.2) is 4.79 Å². The lowest BCUT2D eigenvalue weighted by molar-refractivity contribution is -0.147. The number of aromatic nitrogens is 1. The van der Waals surface area contributed by atoms with E-state index in [4.69, 9.17) is 21.1 Å². The molecule has 216 valence electrons. The molecule has 0 unspecified atom stereocenters. The third-order valence-corrected chi connectivity index (χ3v) is 7.99. The average Bonchev–Trinajstić information content (AvgIpc) is 3.17. The summed E-state index contributed by atoms with van der Waals surface area (Å²) in [6, 6.07) is 19.7. The van der Waals surface area contributed by atoms with Crippen molar-refractivity contribution < 1.29 is 19.1 Å². The topological polar surface area (TPSA) is 69.6 Å². The Morgan fingerprint density at radius 1 is 1.00 bits per heavy atom. The summed E-state index contributed by atoms with van der Waals surface area (Å²) in [5.41, 5.74) is 7.19. The lowest BCUT2D eigenvalue weighted by Gasteiger charge is -2.22. The molecule has 1 heterocycles. The number of carbonyl (C=O) groups excluding carboxylic acids is 2. The standard InChI is InChI=1S/C34H39ClN2O4/c1-20-22(3)37(19-24-12-14-29(35)31(16-24)41-23(4)33(39)40-8)30-15-13-26(18-28(20)30)32(38)36-21(2)25-10-9-11-27(17-25)34(5,6)7/h9-18,21,23H,19H2,1-8H3,(H,36,38)/t21-,23-/m0/s1. The number of methoxy groups -OCH3 is 1. The van der Waals surface area contributed by atoms with E-state index in [9.17, 15) is 9.59 Å². The zero-order valence-corrected chi connectivity index (χ0v) is 25.8. The van der Waals surface area contributed by atoms with Gasteiger partial charge in [-0.15, -0.1) is 0 Å². The molecule has 1 amide bonds. The zero-order chi connectivity index (χ0) is 30.1. The highest BCUT2D eigenvalue weighted by Crippen LogP contribution is 2.31. The molecule has 0 saturated carbocycles. The third kappa shape index (κ3) is 6.59. The van der Waals surface area contributed by atoms with Crippen LogP contribution in [0.25, 0.3) is 10.9 Å². The van der Waals surface area contributed by atoms with Crippen LogP contribution in [0, 0.1) is 13.8 Å². The minimum absolute atomic E-state index is 0.0371. The van der Waals surface area contributed by atoms with Gasteiger partial charge in [0.05, 0.1) is 18.2 Å². The van der Waals surface area contributed by atoms with Crippen molar-refractivity contribution in [1.29, 1.82) is 0 Å². The largest absolute Gasteiger partial charge is 0.477 e. The first kappa shape index (κ1) is 30.2. The molecule has 41 heavy (non-hydrogen) atoms. The number of hydrogen-bond acceptors (Lipinski definition) is 4. The molecular weight excluding hydrogens is 536 g/mol. The van der Waals surface area contributed by atoms with E-state index in [-0.39, 0.29) is 17.4 Å². The number of amides is 1. The maximum atomic E-state index is 13.3. The van der Waals surface area contributed by atoms with Crippen molar-refractivity contribution in [3.63, 3.8) is 0 Å². The third-order valence-electron chi connectivity index (χ3n) is 7.67. The molecule has 3 aromatic carbocycles. The van der Waals surface area contributed by atoms with Crippen LogP contribution in [0.4, 0.5) is 0 Å². The monoisotopic (exact) mass is 574 g/mol. The van der Waals surface area contributed by atoms with Crippen molar-refractivity contribution in [3.8, 4) is 5.75 Å². The first-order chi connectivity index (χ1) is 19.3. The van der Waals surface area contributed by atoms with Gasteiger partial charge in [0.25, 0.3) is 5.91 Å². The minimum Gasteiger partial charge on any atom is -0.477 e. The van der Waals surface area contributed by atoms with Gasteiger partial charge >= 0.3 is 5.97 Å². The lowest BCUT2D eigenvalue weighted by Crippen LogP contribution is -2.27. The Labute approximate surface area is 247 Å². The van der Waals surface area contributed by atoms with Gasteiger partial charge in [-0.1, -0.05) is 62.7 Å². The molecule has 0 saturated heterocycles. The predicted octanol–water partition coefficient (Wildman–Crippen LogP) is 7.69. The number of hydrogen-bond donors (Lipinski definition) is 1. The Morgan fingerprint density at radius 2 is 1.73 bits per heavy atom. The second kappa shape index (κ2) is 12.0. The van der Waals surface area contributed by atoms with E-state index in [1.54, 1.807) is 13.0 Å². The van der Waals surface area contributed by atoms with Crippen LogP contribution in [-0.4, -0.2) is 29.7 Å². The van der Waals surface area contributed by atoms with Crippen molar-refractivity contribution in [2.24, 2.45) is 0 Å². The van der Waals surface area contributed by atoms with E-state index in [1.807, 2.05) is 37.3 Å². The number of aryl methyl sites for hydroxylation is 1. The van der Waals surface area contributed by atoms with Crippen LogP contribution in [-0.2, 0) is 21.5 Å². The molecule has 0 fully saturated rings. The second-order valence-electron chi connectivity index (χ2n) is 11.6. The highest BCUT2D eigenvalue weighted by molar-refractivity contribution is 6.32. The summed E-state index contributed by atoms with van der Waals surface area (Å²) < 4.78 is 12.7. The van der Waals surface area contributed by atoms with Gasteiger partial charge in [-0.2, -0.15) is 0 Å². The van der Waals surface area contributed by atoms with Crippen LogP contribution >= 0.6 is 11.6 Å². The first-order valence-electron chi connectivity index (χ1n) is 13.8. The summed E-state index contributed by atoms with van der Waals surface area (Å²) in [7, 11) is 1.32. The Hall–Kier alpha value is -3.77. The van der Waals surface area contributed by atoms with Crippen molar-refractivity contribution in [3.05, 3.63) is 99.2 Å². The second-order valence-corrected chi connectivity index (χ2v) is 12.1. The number of nitrogens with one attached hydrogen (secondary N) is 1. The summed E-state index contributed by atoms with van der Waals surface area (Å²) in [6.07, 6.45) is -0.779. The maximum Gasteiger partial charge on any atom is 0.346 e.